The van der Waals surface area contributed by atoms with Crippen LogP contribution < -0.4 is 10.6 Å². The number of carbonyl (C=O) groups is 2. The third-order valence-electron chi connectivity index (χ3n) is 6.15. The van der Waals surface area contributed by atoms with E-state index in [-0.39, 0.29) is 11.8 Å². The molecule has 178 valence electrons. The van der Waals surface area contributed by atoms with Crippen LogP contribution in [0.15, 0.2) is 54.6 Å². The Kier molecular flexibility index (Phi) is 7.14. The number of likely N-dealkylation sites (tertiary alicyclic amines) is 1. The second-order valence-corrected chi connectivity index (χ2v) is 10.8. The van der Waals surface area contributed by atoms with Gasteiger partial charge >= 0.3 is 0 Å². The molecule has 1 aliphatic rings. The van der Waals surface area contributed by atoms with E-state index < -0.39 is 5.54 Å². The molecular weight excluding hydrogens is 444 g/mol. The highest BCUT2D eigenvalue weighted by Crippen LogP contribution is 2.33. The number of aromatic nitrogens is 1. The fourth-order valence-corrected chi connectivity index (χ4v) is 5.10. The van der Waals surface area contributed by atoms with Crippen molar-refractivity contribution >= 4 is 28.3 Å². The summed E-state index contributed by atoms with van der Waals surface area (Å²) in [5, 5.41) is 6.34. The monoisotopic (exact) mass is 476 g/mol. The van der Waals surface area contributed by atoms with Gasteiger partial charge in [0.25, 0.3) is 11.8 Å². The molecule has 3 aromatic rings. The lowest BCUT2D eigenvalue weighted by Gasteiger charge is -2.24. The minimum Gasteiger partial charge on any atom is -0.338 e. The molecule has 1 aliphatic heterocycles. The lowest BCUT2D eigenvalue weighted by Crippen LogP contribution is -2.52. The first-order valence-corrected chi connectivity index (χ1v) is 12.5. The Balaban J connectivity index is 1.51. The minimum atomic E-state index is -1.11. The third kappa shape index (κ3) is 5.72. The molecule has 0 aliphatic carbocycles. The van der Waals surface area contributed by atoms with Gasteiger partial charge in [-0.2, -0.15) is 0 Å². The largest absolute Gasteiger partial charge is 0.338 e. The van der Waals surface area contributed by atoms with Crippen LogP contribution in [0.5, 0.6) is 0 Å². The van der Waals surface area contributed by atoms with Crippen molar-refractivity contribution in [2.75, 3.05) is 18.4 Å². The van der Waals surface area contributed by atoms with Crippen LogP contribution in [0.1, 0.15) is 48.0 Å². The summed E-state index contributed by atoms with van der Waals surface area (Å²) in [4.78, 5) is 34.2. The van der Waals surface area contributed by atoms with Gasteiger partial charge in [0, 0.05) is 29.1 Å². The number of hydrogen-bond acceptors (Lipinski definition) is 5. The highest BCUT2D eigenvalue weighted by molar-refractivity contribution is 7.16. The summed E-state index contributed by atoms with van der Waals surface area (Å²) in [5.74, 6) is 0.112. The predicted octanol–water partition coefficient (Wildman–Crippen LogP) is 5.11. The molecule has 1 saturated heterocycles. The molecule has 0 saturated carbocycles. The average Bonchev–Trinajstić information content (AvgIpc) is 3.40. The van der Waals surface area contributed by atoms with Crippen molar-refractivity contribution in [2.45, 2.75) is 46.2 Å². The van der Waals surface area contributed by atoms with E-state index in [4.69, 9.17) is 4.98 Å². The van der Waals surface area contributed by atoms with Crippen LogP contribution in [0, 0.1) is 12.8 Å². The number of carbonyl (C=O) groups excluding carboxylic acids is 2. The smallest absolute Gasteiger partial charge is 0.252 e. The van der Waals surface area contributed by atoms with Crippen LogP contribution in [-0.4, -0.2) is 40.3 Å². The lowest BCUT2D eigenvalue weighted by atomic mass is 10.0. The van der Waals surface area contributed by atoms with E-state index in [0.717, 1.165) is 41.3 Å². The Morgan fingerprint density at radius 2 is 1.82 bits per heavy atom. The molecule has 34 heavy (non-hydrogen) atoms. The first kappa shape index (κ1) is 24.1. The number of aryl methyl sites for hydroxylation is 1. The van der Waals surface area contributed by atoms with E-state index in [1.807, 2.05) is 49.4 Å². The Bertz CT molecular complexity index is 1160. The van der Waals surface area contributed by atoms with Gasteiger partial charge in [0.15, 0.2) is 5.13 Å². The summed E-state index contributed by atoms with van der Waals surface area (Å²) >= 11 is 1.51. The minimum absolute atomic E-state index is 0.284. The number of nitrogens with zero attached hydrogens (tertiary/aromatic N) is 2. The molecule has 0 bridgehead atoms. The molecule has 2 N–H and O–H groups in total. The molecule has 6 nitrogen and oxygen atoms in total. The summed E-state index contributed by atoms with van der Waals surface area (Å²) in [7, 11) is 0. The van der Waals surface area contributed by atoms with Crippen LogP contribution in [0.25, 0.3) is 11.3 Å². The van der Waals surface area contributed by atoms with Crippen LogP contribution in [-0.2, 0) is 11.3 Å². The SMILES string of the molecule is Cc1ccc(C(=O)NC(C)(C)C(=O)Nc2nc(-c3ccccc3)c(CN3CCC(C)C3)s2)cc1. The van der Waals surface area contributed by atoms with Gasteiger partial charge in [0.2, 0.25) is 0 Å². The maximum absolute atomic E-state index is 13.1. The molecular formula is C27H32N4O2S. The highest BCUT2D eigenvalue weighted by Gasteiger charge is 2.31. The van der Waals surface area contributed by atoms with Crippen molar-refractivity contribution in [2.24, 2.45) is 5.92 Å². The molecule has 7 heteroatoms. The van der Waals surface area contributed by atoms with Crippen LogP contribution in [0.3, 0.4) is 0 Å². The van der Waals surface area contributed by atoms with Gasteiger partial charge in [-0.15, -0.1) is 0 Å². The van der Waals surface area contributed by atoms with Gasteiger partial charge in [-0.3, -0.25) is 19.8 Å². The summed E-state index contributed by atoms with van der Waals surface area (Å²) in [5.41, 5.74) is 2.43. The molecule has 1 atom stereocenters. The fourth-order valence-electron chi connectivity index (χ4n) is 4.08. The van der Waals surface area contributed by atoms with Crippen LogP contribution in [0.4, 0.5) is 5.13 Å². The first-order valence-electron chi connectivity index (χ1n) is 11.7. The quantitative estimate of drug-likeness (QED) is 0.497. The topological polar surface area (TPSA) is 74.3 Å². The van der Waals surface area contributed by atoms with Crippen molar-refractivity contribution < 1.29 is 9.59 Å². The Hall–Kier alpha value is -3.03. The number of thiazole rings is 1. The number of anilines is 1. The zero-order valence-electron chi connectivity index (χ0n) is 20.2. The maximum atomic E-state index is 13.1. The van der Waals surface area contributed by atoms with Gasteiger partial charge in [-0.1, -0.05) is 66.3 Å². The Morgan fingerprint density at radius 3 is 2.47 bits per heavy atom. The number of amides is 2. The van der Waals surface area contributed by atoms with Gasteiger partial charge in [0.05, 0.1) is 5.69 Å². The Morgan fingerprint density at radius 1 is 1.12 bits per heavy atom. The molecule has 2 amide bonds. The van der Waals surface area contributed by atoms with E-state index in [1.54, 1.807) is 26.0 Å². The zero-order chi connectivity index (χ0) is 24.3. The number of nitrogens with one attached hydrogen (secondary N) is 2. The van der Waals surface area contributed by atoms with Crippen molar-refractivity contribution in [1.29, 1.82) is 0 Å². The zero-order valence-corrected chi connectivity index (χ0v) is 21.0. The van der Waals surface area contributed by atoms with Crippen LogP contribution >= 0.6 is 11.3 Å². The highest BCUT2D eigenvalue weighted by atomic mass is 32.1. The van der Waals surface area contributed by atoms with E-state index in [0.29, 0.717) is 16.6 Å². The summed E-state index contributed by atoms with van der Waals surface area (Å²) in [6.45, 7) is 10.6. The number of benzene rings is 2. The van der Waals surface area contributed by atoms with E-state index >= 15 is 0 Å². The second kappa shape index (κ2) is 10.1. The van der Waals surface area contributed by atoms with Crippen molar-refractivity contribution in [3.05, 3.63) is 70.6 Å². The van der Waals surface area contributed by atoms with Gasteiger partial charge in [-0.25, -0.2) is 4.98 Å². The van der Waals surface area contributed by atoms with Gasteiger partial charge < -0.3 is 5.32 Å². The van der Waals surface area contributed by atoms with Crippen molar-refractivity contribution in [3.8, 4) is 11.3 Å². The standard InChI is InChI=1S/C27H32N4O2S/c1-18-10-12-21(13-11-18)24(32)30-27(3,4)25(33)29-26-28-23(20-8-6-5-7-9-20)22(34-26)17-31-15-14-19(2)16-31/h5-13,19H,14-17H2,1-4H3,(H,30,32)(H,28,29,33). The average molecular weight is 477 g/mol. The van der Waals surface area contributed by atoms with E-state index in [2.05, 4.69) is 22.5 Å². The fraction of sp³-hybridized carbons (Fsp3) is 0.370. The molecule has 1 fully saturated rings. The number of hydrogen-bond donors (Lipinski definition) is 2. The van der Waals surface area contributed by atoms with E-state index in [1.165, 1.54) is 17.8 Å². The molecule has 1 aromatic heterocycles. The van der Waals surface area contributed by atoms with Crippen molar-refractivity contribution in [3.63, 3.8) is 0 Å². The summed E-state index contributed by atoms with van der Waals surface area (Å²) in [6, 6.07) is 17.4. The summed E-state index contributed by atoms with van der Waals surface area (Å²) in [6.07, 6.45) is 1.21. The second-order valence-electron chi connectivity index (χ2n) is 9.69. The maximum Gasteiger partial charge on any atom is 0.252 e. The third-order valence-corrected chi connectivity index (χ3v) is 7.10. The number of rotatable bonds is 7. The normalized spacial score (nSPS) is 16.4. The Labute approximate surface area is 205 Å². The molecule has 0 radical (unpaired) electrons. The first-order chi connectivity index (χ1) is 16.2. The van der Waals surface area contributed by atoms with Gasteiger partial charge in [0.1, 0.15) is 5.54 Å². The molecule has 2 aromatic carbocycles. The molecule has 0 spiro atoms. The predicted molar refractivity (Wildman–Crippen MR) is 138 cm³/mol. The van der Waals surface area contributed by atoms with Crippen molar-refractivity contribution in [1.82, 2.24) is 15.2 Å². The molecule has 2 heterocycles. The van der Waals surface area contributed by atoms with Gasteiger partial charge in [-0.05, 0) is 51.8 Å². The van der Waals surface area contributed by atoms with E-state index in [9.17, 15) is 9.59 Å². The molecule has 1 unspecified atom stereocenters. The lowest BCUT2D eigenvalue weighted by molar-refractivity contribution is -0.120. The summed E-state index contributed by atoms with van der Waals surface area (Å²) < 4.78 is 0. The molecule has 4 rings (SSSR count). The van der Waals surface area contributed by atoms with Crippen LogP contribution in [0.2, 0.25) is 0 Å².